The number of hydrogen-bond acceptors (Lipinski definition) is 5. The highest BCUT2D eigenvalue weighted by Gasteiger charge is 2.30. The molecular formula is C23H30N6O. The Hall–Kier alpha value is -2.96. The van der Waals surface area contributed by atoms with Gasteiger partial charge in [0.1, 0.15) is 5.82 Å². The zero-order valence-corrected chi connectivity index (χ0v) is 18.1. The lowest BCUT2D eigenvalue weighted by molar-refractivity contribution is -0.126. The van der Waals surface area contributed by atoms with Gasteiger partial charge in [-0.1, -0.05) is 26.0 Å². The SMILES string of the molecule is Cc1cc(C)nc(N2CCC[C@@H](C(=O)N[C@H](c3nc4ccccc4[nH]3)C(C)C)C2)n1. The number of hydrogen-bond donors (Lipinski definition) is 2. The molecule has 1 aliphatic heterocycles. The number of aromatic amines is 1. The van der Waals surface area contributed by atoms with Crippen LogP contribution in [0.3, 0.4) is 0 Å². The number of nitrogens with zero attached hydrogens (tertiary/aromatic N) is 4. The smallest absolute Gasteiger partial charge is 0.225 e. The first kappa shape index (κ1) is 20.3. The summed E-state index contributed by atoms with van der Waals surface area (Å²) in [6.45, 7) is 9.69. The number of para-hydroxylation sites is 2. The van der Waals surface area contributed by atoms with Crippen molar-refractivity contribution in [3.63, 3.8) is 0 Å². The van der Waals surface area contributed by atoms with Crippen molar-refractivity contribution in [2.75, 3.05) is 18.0 Å². The second kappa shape index (κ2) is 8.42. The Kier molecular flexibility index (Phi) is 5.70. The molecule has 158 valence electrons. The topological polar surface area (TPSA) is 86.8 Å². The molecule has 2 aromatic heterocycles. The standard InChI is InChI=1S/C23H30N6O/c1-14(2)20(21-26-18-9-5-6-10-19(18)27-21)28-22(30)17-8-7-11-29(13-17)23-24-15(3)12-16(4)25-23/h5-6,9-10,12,14,17,20H,7-8,11,13H2,1-4H3,(H,26,27)(H,28,30)/t17-,20+/m1/s1. The fourth-order valence-electron chi connectivity index (χ4n) is 4.16. The molecule has 7 nitrogen and oxygen atoms in total. The van der Waals surface area contributed by atoms with Crippen molar-refractivity contribution >= 4 is 22.9 Å². The van der Waals surface area contributed by atoms with Gasteiger partial charge in [0.05, 0.1) is 23.0 Å². The molecule has 1 saturated heterocycles. The Bertz CT molecular complexity index is 990. The maximum Gasteiger partial charge on any atom is 0.225 e. The molecule has 1 amide bonds. The molecule has 0 aliphatic carbocycles. The van der Waals surface area contributed by atoms with Gasteiger partial charge in [-0.25, -0.2) is 15.0 Å². The summed E-state index contributed by atoms with van der Waals surface area (Å²) in [5, 5.41) is 3.26. The predicted octanol–water partition coefficient (Wildman–Crippen LogP) is 3.70. The summed E-state index contributed by atoms with van der Waals surface area (Å²) in [4.78, 5) is 32.6. The number of piperidine rings is 1. The first-order valence-electron chi connectivity index (χ1n) is 10.7. The molecule has 7 heteroatoms. The van der Waals surface area contributed by atoms with Gasteiger partial charge in [-0.05, 0) is 50.8 Å². The minimum atomic E-state index is -0.155. The van der Waals surface area contributed by atoms with Crippen LogP contribution in [0.5, 0.6) is 0 Å². The van der Waals surface area contributed by atoms with E-state index in [2.05, 4.69) is 39.0 Å². The molecule has 30 heavy (non-hydrogen) atoms. The molecule has 2 N–H and O–H groups in total. The van der Waals surface area contributed by atoms with Gasteiger partial charge in [0.2, 0.25) is 11.9 Å². The number of nitrogens with one attached hydrogen (secondary N) is 2. The highest BCUT2D eigenvalue weighted by atomic mass is 16.2. The van der Waals surface area contributed by atoms with E-state index in [4.69, 9.17) is 4.98 Å². The van der Waals surface area contributed by atoms with Crippen molar-refractivity contribution in [3.05, 3.63) is 47.5 Å². The van der Waals surface area contributed by atoms with Gasteiger partial charge in [0, 0.05) is 24.5 Å². The lowest BCUT2D eigenvalue weighted by atomic mass is 9.95. The zero-order valence-electron chi connectivity index (χ0n) is 18.1. The van der Waals surface area contributed by atoms with Crippen molar-refractivity contribution in [3.8, 4) is 0 Å². The van der Waals surface area contributed by atoms with Crippen LogP contribution in [0.25, 0.3) is 11.0 Å². The van der Waals surface area contributed by atoms with Gasteiger partial charge in [-0.3, -0.25) is 4.79 Å². The van der Waals surface area contributed by atoms with E-state index >= 15 is 0 Å². The lowest BCUT2D eigenvalue weighted by Gasteiger charge is -2.33. The molecule has 0 saturated carbocycles. The van der Waals surface area contributed by atoms with E-state index in [1.165, 1.54) is 0 Å². The molecule has 0 spiro atoms. The van der Waals surface area contributed by atoms with Crippen LogP contribution in [0.1, 0.15) is 49.9 Å². The third-order valence-corrected chi connectivity index (χ3v) is 5.71. The van der Waals surface area contributed by atoms with Crippen LogP contribution in [-0.4, -0.2) is 38.9 Å². The van der Waals surface area contributed by atoms with Gasteiger partial charge < -0.3 is 15.2 Å². The third-order valence-electron chi connectivity index (χ3n) is 5.71. The van der Waals surface area contributed by atoms with Crippen molar-refractivity contribution in [1.82, 2.24) is 25.3 Å². The van der Waals surface area contributed by atoms with E-state index in [9.17, 15) is 4.79 Å². The van der Waals surface area contributed by atoms with Crippen LogP contribution in [-0.2, 0) is 4.79 Å². The quantitative estimate of drug-likeness (QED) is 0.675. The van der Waals surface area contributed by atoms with Gasteiger partial charge in [0.25, 0.3) is 0 Å². The number of amides is 1. The predicted molar refractivity (Wildman–Crippen MR) is 118 cm³/mol. The third kappa shape index (κ3) is 4.30. The molecule has 3 heterocycles. The fourth-order valence-corrected chi connectivity index (χ4v) is 4.16. The minimum Gasteiger partial charge on any atom is -0.346 e. The molecular weight excluding hydrogens is 376 g/mol. The van der Waals surface area contributed by atoms with Crippen LogP contribution in [0, 0.1) is 25.7 Å². The number of fused-ring (bicyclic) bond motifs is 1. The summed E-state index contributed by atoms with van der Waals surface area (Å²) in [6.07, 6.45) is 1.82. The number of aromatic nitrogens is 4. The summed E-state index contributed by atoms with van der Waals surface area (Å²) in [5.74, 6) is 1.74. The summed E-state index contributed by atoms with van der Waals surface area (Å²) in [5.41, 5.74) is 3.81. The first-order valence-corrected chi connectivity index (χ1v) is 10.7. The molecule has 4 rings (SSSR count). The van der Waals surface area contributed by atoms with Crippen LogP contribution < -0.4 is 10.2 Å². The molecule has 2 atom stereocenters. The van der Waals surface area contributed by atoms with Gasteiger partial charge in [-0.2, -0.15) is 0 Å². The summed E-state index contributed by atoms with van der Waals surface area (Å²) >= 11 is 0. The Balaban J connectivity index is 1.49. The monoisotopic (exact) mass is 406 g/mol. The average molecular weight is 407 g/mol. The van der Waals surface area contributed by atoms with E-state index in [-0.39, 0.29) is 23.8 Å². The van der Waals surface area contributed by atoms with Crippen molar-refractivity contribution in [2.24, 2.45) is 11.8 Å². The summed E-state index contributed by atoms with van der Waals surface area (Å²) in [6, 6.07) is 9.77. The normalized spacial score (nSPS) is 18.0. The number of benzene rings is 1. The van der Waals surface area contributed by atoms with E-state index in [1.54, 1.807) is 0 Å². The number of anilines is 1. The van der Waals surface area contributed by atoms with Gasteiger partial charge in [-0.15, -0.1) is 0 Å². The largest absolute Gasteiger partial charge is 0.346 e. The van der Waals surface area contributed by atoms with Crippen LogP contribution in [0.4, 0.5) is 5.95 Å². The molecule has 0 unspecified atom stereocenters. The van der Waals surface area contributed by atoms with Crippen LogP contribution in [0.2, 0.25) is 0 Å². The summed E-state index contributed by atoms with van der Waals surface area (Å²) < 4.78 is 0. The molecule has 0 radical (unpaired) electrons. The highest BCUT2D eigenvalue weighted by molar-refractivity contribution is 5.80. The minimum absolute atomic E-state index is 0.0724. The number of carbonyl (C=O) groups is 1. The van der Waals surface area contributed by atoms with Crippen LogP contribution in [0.15, 0.2) is 30.3 Å². The van der Waals surface area contributed by atoms with Gasteiger partial charge >= 0.3 is 0 Å². The van der Waals surface area contributed by atoms with Crippen molar-refractivity contribution < 1.29 is 4.79 Å². The molecule has 1 aromatic carbocycles. The molecule has 1 fully saturated rings. The van der Waals surface area contributed by atoms with E-state index in [0.29, 0.717) is 6.54 Å². The summed E-state index contributed by atoms with van der Waals surface area (Å²) in [7, 11) is 0. The molecule has 1 aliphatic rings. The van der Waals surface area contributed by atoms with E-state index < -0.39 is 0 Å². The van der Waals surface area contributed by atoms with E-state index in [1.807, 2.05) is 44.2 Å². The van der Waals surface area contributed by atoms with Crippen LogP contribution >= 0.6 is 0 Å². The Morgan fingerprint density at radius 2 is 1.90 bits per heavy atom. The Labute approximate surface area is 177 Å². The maximum atomic E-state index is 13.2. The van der Waals surface area contributed by atoms with Crippen molar-refractivity contribution in [2.45, 2.75) is 46.6 Å². The fraction of sp³-hybridized carbons (Fsp3) is 0.478. The van der Waals surface area contributed by atoms with Gasteiger partial charge in [0.15, 0.2) is 0 Å². The Morgan fingerprint density at radius 1 is 1.17 bits per heavy atom. The second-order valence-corrected chi connectivity index (χ2v) is 8.61. The van der Waals surface area contributed by atoms with Crippen molar-refractivity contribution in [1.29, 1.82) is 0 Å². The maximum absolute atomic E-state index is 13.2. The number of H-pyrrole nitrogens is 1. The number of rotatable bonds is 5. The number of aryl methyl sites for hydroxylation is 2. The zero-order chi connectivity index (χ0) is 21.3. The average Bonchev–Trinajstić information content (AvgIpc) is 3.14. The number of imidazole rings is 1. The van der Waals surface area contributed by atoms with E-state index in [0.717, 1.165) is 53.6 Å². The highest BCUT2D eigenvalue weighted by Crippen LogP contribution is 2.25. The molecule has 3 aromatic rings. The first-order chi connectivity index (χ1) is 14.4. The molecule has 0 bridgehead atoms. The Morgan fingerprint density at radius 3 is 2.60 bits per heavy atom. The second-order valence-electron chi connectivity index (χ2n) is 8.61. The lowest BCUT2D eigenvalue weighted by Crippen LogP contribution is -2.45. The number of carbonyl (C=O) groups excluding carboxylic acids is 1.